The molecule has 118 valence electrons. The van der Waals surface area contributed by atoms with Crippen LogP contribution < -0.4 is 0 Å². The van der Waals surface area contributed by atoms with Crippen LogP contribution in [0.4, 0.5) is 0 Å². The molecule has 2 unspecified atom stereocenters. The van der Waals surface area contributed by atoms with E-state index in [4.69, 9.17) is 4.74 Å². The highest BCUT2D eigenvalue weighted by atomic mass is 16.5. The lowest BCUT2D eigenvalue weighted by Crippen LogP contribution is -2.20. The molecule has 0 N–H and O–H groups in total. The Labute approximate surface area is 125 Å². The predicted molar refractivity (Wildman–Crippen MR) is 85.0 cm³/mol. The summed E-state index contributed by atoms with van der Waals surface area (Å²) in [5.41, 5.74) is 0. The lowest BCUT2D eigenvalue weighted by atomic mass is 10.0. The van der Waals surface area contributed by atoms with E-state index >= 15 is 0 Å². The van der Waals surface area contributed by atoms with Crippen molar-refractivity contribution in [3.8, 4) is 0 Å². The number of rotatable bonds is 12. The molecule has 1 aliphatic rings. The molecule has 0 aliphatic carbocycles. The minimum absolute atomic E-state index is 0.0800. The lowest BCUT2D eigenvalue weighted by Gasteiger charge is -2.09. The summed E-state index contributed by atoms with van der Waals surface area (Å²) >= 11 is 0. The monoisotopic (exact) mass is 282 g/mol. The van der Waals surface area contributed by atoms with Crippen LogP contribution in [0.1, 0.15) is 97.3 Å². The Bertz CT molecular complexity index is 250. The van der Waals surface area contributed by atoms with Crippen molar-refractivity contribution in [2.24, 2.45) is 0 Å². The molecular weight excluding hydrogens is 248 g/mol. The van der Waals surface area contributed by atoms with Crippen LogP contribution in [0.5, 0.6) is 0 Å². The highest BCUT2D eigenvalue weighted by Gasteiger charge is 2.27. The van der Waals surface area contributed by atoms with Gasteiger partial charge in [-0.05, 0) is 26.2 Å². The van der Waals surface area contributed by atoms with Crippen LogP contribution in [0.25, 0.3) is 0 Å². The highest BCUT2D eigenvalue weighted by molar-refractivity contribution is 5.83. The van der Waals surface area contributed by atoms with Gasteiger partial charge in [-0.2, -0.15) is 0 Å². The van der Waals surface area contributed by atoms with E-state index in [1.54, 1.807) is 0 Å². The molecule has 2 nitrogen and oxygen atoms in total. The summed E-state index contributed by atoms with van der Waals surface area (Å²) in [5, 5.41) is 0. The van der Waals surface area contributed by atoms with Crippen molar-refractivity contribution in [2.75, 3.05) is 0 Å². The van der Waals surface area contributed by atoms with Gasteiger partial charge in [-0.1, -0.05) is 64.7 Å². The second-order valence-corrected chi connectivity index (χ2v) is 6.41. The molecule has 0 spiro atoms. The summed E-state index contributed by atoms with van der Waals surface area (Å²) in [6.07, 6.45) is 16.1. The Hall–Kier alpha value is -0.370. The molecule has 0 radical (unpaired) electrons. The lowest BCUT2D eigenvalue weighted by molar-refractivity contribution is -0.129. The third-order valence-corrected chi connectivity index (χ3v) is 4.37. The molecule has 1 aliphatic heterocycles. The van der Waals surface area contributed by atoms with Gasteiger partial charge in [0.05, 0.1) is 6.10 Å². The molecule has 0 aromatic rings. The molecule has 1 fully saturated rings. The molecule has 0 aromatic carbocycles. The van der Waals surface area contributed by atoms with Gasteiger partial charge in [-0.25, -0.2) is 0 Å². The summed E-state index contributed by atoms with van der Waals surface area (Å²) in [4.78, 5) is 11.9. The van der Waals surface area contributed by atoms with Crippen molar-refractivity contribution < 1.29 is 9.53 Å². The Kier molecular flexibility index (Phi) is 10.00. The number of ether oxygens (including phenoxy) is 1. The van der Waals surface area contributed by atoms with Gasteiger partial charge >= 0.3 is 0 Å². The van der Waals surface area contributed by atoms with E-state index < -0.39 is 0 Å². The average Bonchev–Trinajstić information content (AvgIpc) is 2.87. The van der Waals surface area contributed by atoms with E-state index in [1.165, 1.54) is 57.8 Å². The van der Waals surface area contributed by atoms with Crippen LogP contribution in [-0.2, 0) is 9.53 Å². The Morgan fingerprint density at radius 2 is 1.45 bits per heavy atom. The van der Waals surface area contributed by atoms with E-state index in [1.807, 2.05) is 0 Å². The fraction of sp³-hybridized carbons (Fsp3) is 0.944. The SMILES string of the molecule is CCCCCCCCCCCCC(=O)C1CCC(C)O1. The van der Waals surface area contributed by atoms with Gasteiger partial charge in [-0.15, -0.1) is 0 Å². The Morgan fingerprint density at radius 3 is 1.95 bits per heavy atom. The highest BCUT2D eigenvalue weighted by Crippen LogP contribution is 2.21. The molecule has 1 heterocycles. The third-order valence-electron chi connectivity index (χ3n) is 4.37. The maximum atomic E-state index is 11.9. The standard InChI is InChI=1S/C18H34O2/c1-3-4-5-6-7-8-9-10-11-12-13-17(19)18-15-14-16(2)20-18/h16,18H,3-15H2,1-2H3. The number of carbonyl (C=O) groups is 1. The zero-order valence-corrected chi connectivity index (χ0v) is 13.7. The molecule has 0 saturated carbocycles. The number of hydrogen-bond acceptors (Lipinski definition) is 2. The fourth-order valence-corrected chi connectivity index (χ4v) is 2.99. The summed E-state index contributed by atoms with van der Waals surface area (Å²) < 4.78 is 5.62. The average molecular weight is 282 g/mol. The van der Waals surface area contributed by atoms with E-state index in [2.05, 4.69) is 13.8 Å². The fourth-order valence-electron chi connectivity index (χ4n) is 2.99. The van der Waals surface area contributed by atoms with Gasteiger partial charge in [0.2, 0.25) is 0 Å². The molecule has 2 heteroatoms. The van der Waals surface area contributed by atoms with Crippen LogP contribution in [0.2, 0.25) is 0 Å². The topological polar surface area (TPSA) is 26.3 Å². The van der Waals surface area contributed by atoms with Gasteiger partial charge in [0.15, 0.2) is 5.78 Å². The molecule has 2 atom stereocenters. The van der Waals surface area contributed by atoms with Crippen LogP contribution in [0.15, 0.2) is 0 Å². The van der Waals surface area contributed by atoms with Gasteiger partial charge in [0.25, 0.3) is 0 Å². The smallest absolute Gasteiger partial charge is 0.161 e. The van der Waals surface area contributed by atoms with Crippen LogP contribution in [-0.4, -0.2) is 18.0 Å². The van der Waals surface area contributed by atoms with Gasteiger partial charge in [-0.3, -0.25) is 4.79 Å². The van der Waals surface area contributed by atoms with Crippen molar-refractivity contribution in [2.45, 2.75) is 110 Å². The minimum atomic E-state index is -0.0800. The predicted octanol–water partition coefficient (Wildman–Crippen LogP) is 5.43. The Morgan fingerprint density at radius 1 is 0.900 bits per heavy atom. The number of unbranched alkanes of at least 4 members (excludes halogenated alkanes) is 9. The van der Waals surface area contributed by atoms with Crippen LogP contribution in [0.3, 0.4) is 0 Å². The van der Waals surface area contributed by atoms with Crippen molar-refractivity contribution in [1.82, 2.24) is 0 Å². The molecule has 0 amide bonds. The van der Waals surface area contributed by atoms with Crippen molar-refractivity contribution in [3.63, 3.8) is 0 Å². The zero-order valence-electron chi connectivity index (χ0n) is 13.7. The van der Waals surface area contributed by atoms with Gasteiger partial charge < -0.3 is 4.74 Å². The first-order valence-electron chi connectivity index (χ1n) is 8.92. The number of Topliss-reactive ketones (excluding diaryl/α,β-unsaturated/α-hetero) is 1. The normalized spacial score (nSPS) is 22.3. The minimum Gasteiger partial charge on any atom is -0.368 e. The number of carbonyl (C=O) groups excluding carboxylic acids is 1. The third kappa shape index (κ3) is 8.04. The number of ketones is 1. The van der Waals surface area contributed by atoms with Crippen LogP contribution in [0, 0.1) is 0 Å². The summed E-state index contributed by atoms with van der Waals surface area (Å²) in [7, 11) is 0. The summed E-state index contributed by atoms with van der Waals surface area (Å²) in [6.45, 7) is 4.33. The second kappa shape index (κ2) is 11.3. The summed E-state index contributed by atoms with van der Waals surface area (Å²) in [6, 6.07) is 0. The van der Waals surface area contributed by atoms with E-state index in [9.17, 15) is 4.79 Å². The van der Waals surface area contributed by atoms with Crippen molar-refractivity contribution in [3.05, 3.63) is 0 Å². The molecule has 0 bridgehead atoms. The maximum Gasteiger partial charge on any atom is 0.161 e. The van der Waals surface area contributed by atoms with Crippen molar-refractivity contribution in [1.29, 1.82) is 0 Å². The van der Waals surface area contributed by atoms with E-state index in [0.29, 0.717) is 5.78 Å². The van der Waals surface area contributed by atoms with Gasteiger partial charge in [0.1, 0.15) is 6.10 Å². The summed E-state index contributed by atoms with van der Waals surface area (Å²) in [5.74, 6) is 0.342. The van der Waals surface area contributed by atoms with Crippen molar-refractivity contribution >= 4 is 5.78 Å². The molecule has 0 aromatic heterocycles. The van der Waals surface area contributed by atoms with E-state index in [-0.39, 0.29) is 12.2 Å². The first kappa shape index (κ1) is 17.7. The van der Waals surface area contributed by atoms with Gasteiger partial charge in [0, 0.05) is 6.42 Å². The second-order valence-electron chi connectivity index (χ2n) is 6.41. The van der Waals surface area contributed by atoms with E-state index in [0.717, 1.165) is 25.7 Å². The molecule has 1 rings (SSSR count). The Balaban J connectivity index is 1.83. The first-order chi connectivity index (χ1) is 9.74. The zero-order chi connectivity index (χ0) is 14.6. The number of hydrogen-bond donors (Lipinski definition) is 0. The van der Waals surface area contributed by atoms with Crippen LogP contribution >= 0.6 is 0 Å². The largest absolute Gasteiger partial charge is 0.368 e. The quantitative estimate of drug-likeness (QED) is 0.446. The molecule has 1 saturated heterocycles. The molecular formula is C18H34O2. The first-order valence-corrected chi connectivity index (χ1v) is 8.92. The molecule has 20 heavy (non-hydrogen) atoms. The maximum absolute atomic E-state index is 11.9.